The Morgan fingerprint density at radius 2 is 1.97 bits per heavy atom. The fourth-order valence-electron chi connectivity index (χ4n) is 2.53. The molecule has 0 aliphatic carbocycles. The van der Waals surface area contributed by atoms with Gasteiger partial charge in [0, 0.05) is 18.2 Å². The van der Waals surface area contributed by atoms with Crippen LogP contribution in [0.4, 0.5) is 24.5 Å². The van der Waals surface area contributed by atoms with Gasteiger partial charge in [0.2, 0.25) is 0 Å². The number of nitro groups is 1. The zero-order chi connectivity index (χ0) is 22.5. The summed E-state index contributed by atoms with van der Waals surface area (Å²) in [5.74, 6) is -0.416. The lowest BCUT2D eigenvalue weighted by molar-refractivity contribution is -0.384. The van der Waals surface area contributed by atoms with Crippen LogP contribution in [0.25, 0.3) is 0 Å². The summed E-state index contributed by atoms with van der Waals surface area (Å²) in [4.78, 5) is 22.3. The molecule has 0 heterocycles. The Bertz CT molecular complexity index is 937. The van der Waals surface area contributed by atoms with Gasteiger partial charge in [-0.25, -0.2) is 0 Å². The molecule has 30 heavy (non-hydrogen) atoms. The smallest absolute Gasteiger partial charge is 0.416 e. The fourth-order valence-corrected chi connectivity index (χ4v) is 2.75. The Balaban J connectivity index is 2.25. The number of nitrogens with one attached hydrogen (secondary N) is 1. The van der Waals surface area contributed by atoms with E-state index in [1.165, 1.54) is 18.2 Å². The maximum Gasteiger partial charge on any atom is 0.416 e. The minimum absolute atomic E-state index is 0.0270. The zero-order valence-corrected chi connectivity index (χ0v) is 16.7. The van der Waals surface area contributed by atoms with Gasteiger partial charge in [-0.3, -0.25) is 14.9 Å². The van der Waals surface area contributed by atoms with Crippen molar-refractivity contribution in [1.82, 2.24) is 0 Å². The van der Waals surface area contributed by atoms with E-state index in [0.717, 1.165) is 18.2 Å². The van der Waals surface area contributed by atoms with Gasteiger partial charge in [0.1, 0.15) is 17.2 Å². The van der Waals surface area contributed by atoms with E-state index in [1.54, 1.807) is 13.8 Å². The molecule has 0 amide bonds. The van der Waals surface area contributed by atoms with E-state index in [9.17, 15) is 28.1 Å². The van der Waals surface area contributed by atoms with Crippen LogP contribution in [-0.4, -0.2) is 23.5 Å². The average Bonchev–Trinajstić information content (AvgIpc) is 2.62. The summed E-state index contributed by atoms with van der Waals surface area (Å²) in [5, 5.41) is 13.9. The van der Waals surface area contributed by atoms with Crippen LogP contribution in [-0.2, 0) is 15.7 Å². The van der Waals surface area contributed by atoms with Crippen molar-refractivity contribution in [3.8, 4) is 11.5 Å². The number of hydrogen-bond acceptors (Lipinski definition) is 6. The van der Waals surface area contributed by atoms with Crippen LogP contribution in [0.5, 0.6) is 11.5 Å². The number of nitrogens with zero attached hydrogens (tertiary/aromatic N) is 1. The number of nitro benzene ring substituents is 1. The SMILES string of the molecule is CCOC(=O)CC(C)Nc1cc(Oc2ccc(C(F)(F)F)cc2Cl)ccc1[N+](=O)[O-]. The van der Waals surface area contributed by atoms with Gasteiger partial charge in [0.15, 0.2) is 0 Å². The maximum absolute atomic E-state index is 12.8. The van der Waals surface area contributed by atoms with Crippen LogP contribution >= 0.6 is 11.6 Å². The zero-order valence-electron chi connectivity index (χ0n) is 16.0. The number of carbonyl (C=O) groups is 1. The quantitative estimate of drug-likeness (QED) is 0.312. The highest BCUT2D eigenvalue weighted by atomic mass is 35.5. The number of rotatable bonds is 8. The second-order valence-electron chi connectivity index (χ2n) is 6.24. The Morgan fingerprint density at radius 1 is 1.27 bits per heavy atom. The van der Waals surface area contributed by atoms with Crippen LogP contribution < -0.4 is 10.1 Å². The predicted octanol–water partition coefficient (Wildman–Crippen LogP) is 5.81. The molecule has 0 saturated carbocycles. The number of ether oxygens (including phenoxy) is 2. The van der Waals surface area contributed by atoms with Gasteiger partial charge in [-0.2, -0.15) is 13.2 Å². The van der Waals surface area contributed by atoms with E-state index in [-0.39, 0.29) is 40.9 Å². The molecule has 7 nitrogen and oxygen atoms in total. The predicted molar refractivity (Wildman–Crippen MR) is 104 cm³/mol. The van der Waals surface area contributed by atoms with E-state index in [1.807, 2.05) is 0 Å². The molecule has 2 aromatic carbocycles. The highest BCUT2D eigenvalue weighted by molar-refractivity contribution is 6.32. The summed E-state index contributed by atoms with van der Waals surface area (Å²) in [6.07, 6.45) is -4.58. The van der Waals surface area contributed by atoms with E-state index < -0.39 is 28.7 Å². The van der Waals surface area contributed by atoms with Crippen molar-refractivity contribution in [2.24, 2.45) is 0 Å². The molecule has 0 aliphatic rings. The van der Waals surface area contributed by atoms with Crippen molar-refractivity contribution in [1.29, 1.82) is 0 Å². The molecule has 162 valence electrons. The largest absolute Gasteiger partial charge is 0.466 e. The van der Waals surface area contributed by atoms with E-state index in [0.29, 0.717) is 0 Å². The maximum atomic E-state index is 12.8. The van der Waals surface area contributed by atoms with Crippen LogP contribution in [0.15, 0.2) is 36.4 Å². The van der Waals surface area contributed by atoms with Crippen molar-refractivity contribution in [3.05, 3.63) is 57.1 Å². The van der Waals surface area contributed by atoms with Crippen molar-refractivity contribution < 1.29 is 32.4 Å². The molecule has 1 atom stereocenters. The summed E-state index contributed by atoms with van der Waals surface area (Å²) >= 11 is 5.88. The number of carbonyl (C=O) groups excluding carboxylic acids is 1. The van der Waals surface area contributed by atoms with Crippen molar-refractivity contribution >= 4 is 28.9 Å². The monoisotopic (exact) mass is 446 g/mol. The van der Waals surface area contributed by atoms with Gasteiger partial charge in [-0.1, -0.05) is 11.6 Å². The minimum atomic E-state index is -4.55. The molecular weight excluding hydrogens is 429 g/mol. The molecule has 0 aromatic heterocycles. The number of hydrogen-bond donors (Lipinski definition) is 1. The third-order valence-electron chi connectivity index (χ3n) is 3.83. The van der Waals surface area contributed by atoms with Crippen LogP contribution in [0.1, 0.15) is 25.8 Å². The van der Waals surface area contributed by atoms with E-state index >= 15 is 0 Å². The first kappa shape index (κ1) is 23.3. The Hall–Kier alpha value is -3.01. The molecule has 0 spiro atoms. The molecule has 1 N–H and O–H groups in total. The standard InChI is InChI=1S/C19H18ClF3N2O5/c1-3-29-18(26)8-11(2)24-15-10-13(5-6-16(15)25(27)28)30-17-7-4-12(9-14(17)20)19(21,22)23/h4-7,9-11,24H,3,8H2,1-2H3. The lowest BCUT2D eigenvalue weighted by Crippen LogP contribution is -2.21. The van der Waals surface area contributed by atoms with Crippen LogP contribution in [0.3, 0.4) is 0 Å². The van der Waals surface area contributed by atoms with Crippen molar-refractivity contribution in [2.75, 3.05) is 11.9 Å². The molecule has 2 aromatic rings. The first-order chi connectivity index (χ1) is 14.0. The van der Waals surface area contributed by atoms with Gasteiger partial charge < -0.3 is 14.8 Å². The van der Waals surface area contributed by atoms with Crippen molar-refractivity contribution in [3.63, 3.8) is 0 Å². The highest BCUT2D eigenvalue weighted by Crippen LogP contribution is 2.38. The molecule has 0 fully saturated rings. The minimum Gasteiger partial charge on any atom is -0.466 e. The number of halogens is 4. The Morgan fingerprint density at radius 3 is 2.53 bits per heavy atom. The van der Waals surface area contributed by atoms with Crippen molar-refractivity contribution in [2.45, 2.75) is 32.5 Å². The Kier molecular flexibility index (Phi) is 7.49. The van der Waals surface area contributed by atoms with E-state index in [4.69, 9.17) is 21.1 Å². The van der Waals surface area contributed by atoms with Gasteiger partial charge in [0.25, 0.3) is 5.69 Å². The lowest BCUT2D eigenvalue weighted by Gasteiger charge is -2.16. The highest BCUT2D eigenvalue weighted by Gasteiger charge is 2.31. The molecule has 0 saturated heterocycles. The second kappa shape index (κ2) is 9.66. The summed E-state index contributed by atoms with van der Waals surface area (Å²) < 4.78 is 48.6. The summed E-state index contributed by atoms with van der Waals surface area (Å²) in [7, 11) is 0. The van der Waals surface area contributed by atoms with Gasteiger partial charge in [-0.05, 0) is 38.1 Å². The molecular formula is C19H18ClF3N2O5. The third-order valence-corrected chi connectivity index (χ3v) is 4.13. The molecule has 11 heteroatoms. The van der Waals surface area contributed by atoms with Crippen LogP contribution in [0, 0.1) is 10.1 Å². The molecule has 0 bridgehead atoms. The van der Waals surface area contributed by atoms with Gasteiger partial charge in [-0.15, -0.1) is 0 Å². The summed E-state index contributed by atoms with van der Waals surface area (Å²) in [5.41, 5.74) is -1.13. The molecule has 1 unspecified atom stereocenters. The first-order valence-corrected chi connectivity index (χ1v) is 9.14. The van der Waals surface area contributed by atoms with Gasteiger partial charge >= 0.3 is 12.1 Å². The average molecular weight is 447 g/mol. The van der Waals surface area contributed by atoms with Gasteiger partial charge in [0.05, 0.1) is 28.5 Å². The first-order valence-electron chi connectivity index (χ1n) is 8.76. The summed E-state index contributed by atoms with van der Waals surface area (Å²) in [6.45, 7) is 3.51. The molecule has 0 aliphatic heterocycles. The Labute approximate surface area is 174 Å². The molecule has 2 rings (SSSR count). The second-order valence-corrected chi connectivity index (χ2v) is 6.64. The van der Waals surface area contributed by atoms with Crippen LogP contribution in [0.2, 0.25) is 5.02 Å². The number of benzene rings is 2. The number of alkyl halides is 3. The van der Waals surface area contributed by atoms with E-state index in [2.05, 4.69) is 5.32 Å². The number of esters is 1. The summed E-state index contributed by atoms with van der Waals surface area (Å²) in [6, 6.07) is 5.86. The normalized spacial score (nSPS) is 12.2. The fraction of sp³-hybridized carbons (Fsp3) is 0.316. The lowest BCUT2D eigenvalue weighted by atomic mass is 10.2. The topological polar surface area (TPSA) is 90.7 Å². The third kappa shape index (κ3) is 6.24. The molecule has 0 radical (unpaired) electrons. The number of anilines is 1.